The number of halogens is 1. The van der Waals surface area contributed by atoms with E-state index in [9.17, 15) is 0 Å². The second-order valence-corrected chi connectivity index (χ2v) is 5.22. The van der Waals surface area contributed by atoms with Gasteiger partial charge in [-0.05, 0) is 38.1 Å². The zero-order valence-electron chi connectivity index (χ0n) is 10.6. The topological polar surface area (TPSA) is 48.5 Å². The highest BCUT2D eigenvalue weighted by Gasteiger charge is 2.07. The molecule has 0 atom stereocenters. The molecule has 6 heteroatoms. The van der Waals surface area contributed by atoms with E-state index in [-0.39, 0.29) is 0 Å². The van der Waals surface area contributed by atoms with Gasteiger partial charge in [-0.15, -0.1) is 0 Å². The highest BCUT2D eigenvalue weighted by atomic mass is 79.9. The van der Waals surface area contributed by atoms with Crippen molar-refractivity contribution in [1.29, 1.82) is 0 Å². The number of rotatable bonds is 2. The van der Waals surface area contributed by atoms with Gasteiger partial charge in [-0.2, -0.15) is 10.2 Å². The Morgan fingerprint density at radius 2 is 1.37 bits per heavy atom. The number of aromatic nitrogens is 5. The Bertz CT molecular complexity index is 670. The summed E-state index contributed by atoms with van der Waals surface area (Å²) < 4.78 is 4.44. The van der Waals surface area contributed by atoms with E-state index >= 15 is 0 Å². The predicted octanol–water partition coefficient (Wildman–Crippen LogP) is 2.83. The van der Waals surface area contributed by atoms with E-state index in [1.807, 2.05) is 50.5 Å². The molecule has 0 fully saturated rings. The third kappa shape index (κ3) is 2.44. The lowest BCUT2D eigenvalue weighted by molar-refractivity contribution is 0.790. The van der Waals surface area contributed by atoms with Gasteiger partial charge in [-0.25, -0.2) is 14.3 Å². The molecule has 0 aliphatic carbocycles. The van der Waals surface area contributed by atoms with Gasteiger partial charge in [0.2, 0.25) is 0 Å². The molecule has 19 heavy (non-hydrogen) atoms. The Hall–Kier alpha value is -1.95. The van der Waals surface area contributed by atoms with E-state index in [1.54, 1.807) is 9.36 Å². The Morgan fingerprint density at radius 3 is 1.74 bits per heavy atom. The lowest BCUT2D eigenvalue weighted by Gasteiger charge is -2.06. The molecule has 0 saturated carbocycles. The van der Waals surface area contributed by atoms with E-state index in [0.717, 1.165) is 27.5 Å². The molecule has 3 aromatic rings. The summed E-state index contributed by atoms with van der Waals surface area (Å²) in [5.74, 6) is 1.51. The second kappa shape index (κ2) is 4.62. The zero-order chi connectivity index (χ0) is 13.4. The monoisotopic (exact) mass is 317 g/mol. The fourth-order valence-electron chi connectivity index (χ4n) is 1.79. The van der Waals surface area contributed by atoms with Gasteiger partial charge in [0.1, 0.15) is 0 Å². The van der Waals surface area contributed by atoms with Crippen molar-refractivity contribution in [2.75, 3.05) is 0 Å². The SMILES string of the molecule is Cc1ccn(-c2cc(Br)cc(-n3ccc(C)n3)n2)n1. The minimum atomic E-state index is 0.755. The van der Waals surface area contributed by atoms with Gasteiger partial charge >= 0.3 is 0 Å². The van der Waals surface area contributed by atoms with Crippen molar-refractivity contribution in [3.05, 3.63) is 52.5 Å². The minimum Gasteiger partial charge on any atom is -0.222 e. The van der Waals surface area contributed by atoms with Gasteiger partial charge in [-0.3, -0.25) is 0 Å². The summed E-state index contributed by atoms with van der Waals surface area (Å²) in [5.41, 5.74) is 1.91. The van der Waals surface area contributed by atoms with Crippen molar-refractivity contribution in [3.63, 3.8) is 0 Å². The molecule has 0 spiro atoms. The number of pyridine rings is 1. The Balaban J connectivity index is 2.10. The van der Waals surface area contributed by atoms with Crippen molar-refractivity contribution >= 4 is 15.9 Å². The maximum atomic E-state index is 4.57. The van der Waals surface area contributed by atoms with Crippen molar-refractivity contribution in [3.8, 4) is 11.6 Å². The van der Waals surface area contributed by atoms with Crippen LogP contribution in [-0.4, -0.2) is 24.5 Å². The van der Waals surface area contributed by atoms with Crippen molar-refractivity contribution in [2.24, 2.45) is 0 Å². The van der Waals surface area contributed by atoms with Gasteiger partial charge < -0.3 is 0 Å². The molecule has 0 amide bonds. The lowest BCUT2D eigenvalue weighted by atomic mass is 10.4. The van der Waals surface area contributed by atoms with Crippen LogP contribution in [0.25, 0.3) is 11.6 Å². The summed E-state index contributed by atoms with van der Waals surface area (Å²) in [6, 6.07) is 7.74. The highest BCUT2D eigenvalue weighted by Crippen LogP contribution is 2.18. The second-order valence-electron chi connectivity index (χ2n) is 4.31. The van der Waals surface area contributed by atoms with Crippen LogP contribution in [0, 0.1) is 13.8 Å². The Morgan fingerprint density at radius 1 is 0.895 bits per heavy atom. The van der Waals surface area contributed by atoms with Gasteiger partial charge in [0.15, 0.2) is 11.6 Å². The van der Waals surface area contributed by atoms with Crippen molar-refractivity contribution in [1.82, 2.24) is 24.5 Å². The van der Waals surface area contributed by atoms with Crippen LogP contribution in [0.5, 0.6) is 0 Å². The quantitative estimate of drug-likeness (QED) is 0.730. The Labute approximate surface area is 119 Å². The molecule has 0 N–H and O–H groups in total. The Kier molecular flexibility index (Phi) is 2.94. The molecule has 96 valence electrons. The predicted molar refractivity (Wildman–Crippen MR) is 75.7 cm³/mol. The van der Waals surface area contributed by atoms with E-state index in [2.05, 4.69) is 31.1 Å². The van der Waals surface area contributed by atoms with Crippen LogP contribution in [0.15, 0.2) is 41.1 Å². The maximum Gasteiger partial charge on any atom is 0.156 e. The van der Waals surface area contributed by atoms with E-state index in [1.165, 1.54) is 0 Å². The summed E-state index contributed by atoms with van der Waals surface area (Å²) in [5, 5.41) is 8.73. The summed E-state index contributed by atoms with van der Waals surface area (Å²) in [4.78, 5) is 4.57. The van der Waals surface area contributed by atoms with Crippen LogP contribution in [0.2, 0.25) is 0 Å². The van der Waals surface area contributed by atoms with Crippen LogP contribution >= 0.6 is 15.9 Å². The molecule has 0 aliphatic heterocycles. The number of hydrogen-bond donors (Lipinski definition) is 0. The minimum absolute atomic E-state index is 0.755. The third-order valence-corrected chi connectivity index (χ3v) is 3.14. The molecule has 3 aromatic heterocycles. The standard InChI is InChI=1S/C13H12BrN5/c1-9-3-5-18(16-9)12-7-11(14)8-13(15-12)19-6-4-10(2)17-19/h3-8H,1-2H3. The summed E-state index contributed by atoms with van der Waals surface area (Å²) in [6.07, 6.45) is 3.78. The maximum absolute atomic E-state index is 4.57. The van der Waals surface area contributed by atoms with Crippen molar-refractivity contribution < 1.29 is 0 Å². The number of nitrogens with zero attached hydrogens (tertiary/aromatic N) is 5. The molecule has 5 nitrogen and oxygen atoms in total. The molecule has 0 radical (unpaired) electrons. The molecule has 0 aromatic carbocycles. The lowest BCUT2D eigenvalue weighted by Crippen LogP contribution is -2.04. The van der Waals surface area contributed by atoms with E-state index in [0.29, 0.717) is 0 Å². The molecule has 3 heterocycles. The first kappa shape index (κ1) is 12.1. The first-order chi connectivity index (χ1) is 9.11. The molecule has 0 saturated heterocycles. The van der Waals surface area contributed by atoms with Crippen LogP contribution < -0.4 is 0 Å². The average Bonchev–Trinajstić information content (AvgIpc) is 2.97. The van der Waals surface area contributed by atoms with E-state index in [4.69, 9.17) is 0 Å². The van der Waals surface area contributed by atoms with Gasteiger partial charge in [0.25, 0.3) is 0 Å². The molecular weight excluding hydrogens is 306 g/mol. The van der Waals surface area contributed by atoms with E-state index < -0.39 is 0 Å². The third-order valence-electron chi connectivity index (χ3n) is 2.68. The summed E-state index contributed by atoms with van der Waals surface area (Å²) in [6.45, 7) is 3.90. The average molecular weight is 318 g/mol. The van der Waals surface area contributed by atoms with Crippen LogP contribution in [0.1, 0.15) is 11.4 Å². The first-order valence-electron chi connectivity index (χ1n) is 5.85. The molecule has 3 rings (SSSR count). The zero-order valence-corrected chi connectivity index (χ0v) is 12.2. The normalized spacial score (nSPS) is 10.9. The fourth-order valence-corrected chi connectivity index (χ4v) is 2.20. The van der Waals surface area contributed by atoms with Crippen LogP contribution in [-0.2, 0) is 0 Å². The molecule has 0 unspecified atom stereocenters. The van der Waals surface area contributed by atoms with Gasteiger partial charge in [0.05, 0.1) is 11.4 Å². The summed E-state index contributed by atoms with van der Waals surface area (Å²) >= 11 is 3.50. The summed E-state index contributed by atoms with van der Waals surface area (Å²) in [7, 11) is 0. The molecular formula is C13H12BrN5. The largest absolute Gasteiger partial charge is 0.222 e. The highest BCUT2D eigenvalue weighted by molar-refractivity contribution is 9.10. The van der Waals surface area contributed by atoms with Gasteiger partial charge in [0, 0.05) is 16.9 Å². The number of aryl methyl sites for hydroxylation is 2. The first-order valence-corrected chi connectivity index (χ1v) is 6.64. The van der Waals surface area contributed by atoms with Crippen LogP contribution in [0.4, 0.5) is 0 Å². The van der Waals surface area contributed by atoms with Crippen molar-refractivity contribution in [2.45, 2.75) is 13.8 Å². The molecule has 0 aliphatic rings. The number of hydrogen-bond acceptors (Lipinski definition) is 3. The smallest absolute Gasteiger partial charge is 0.156 e. The molecule has 0 bridgehead atoms. The fraction of sp³-hybridized carbons (Fsp3) is 0.154. The van der Waals surface area contributed by atoms with Crippen LogP contribution in [0.3, 0.4) is 0 Å². The van der Waals surface area contributed by atoms with Gasteiger partial charge in [-0.1, -0.05) is 15.9 Å².